The van der Waals surface area contributed by atoms with Gasteiger partial charge in [0.2, 0.25) is 0 Å². The summed E-state index contributed by atoms with van der Waals surface area (Å²) in [5, 5.41) is 28.7. The summed E-state index contributed by atoms with van der Waals surface area (Å²) in [6, 6.07) is 0. The fraction of sp³-hybridized carbons (Fsp3) is 0.333. The number of anilines is 2. The second-order valence-corrected chi connectivity index (χ2v) is 6.41. The Kier molecular flexibility index (Phi) is 5.27. The minimum absolute atomic E-state index is 0.0323. The van der Waals surface area contributed by atoms with E-state index in [2.05, 4.69) is 34.9 Å². The minimum atomic E-state index is -1.32. The molecule has 0 aliphatic carbocycles. The molecule has 14 nitrogen and oxygen atoms in total. The molecule has 0 aromatic carbocycles. The van der Waals surface area contributed by atoms with Crippen LogP contribution in [0.2, 0.25) is 0 Å². The molecule has 5 rings (SSSR count). The maximum atomic E-state index is 13.2. The lowest BCUT2D eigenvalue weighted by Crippen LogP contribution is -2.33. The zero-order valence-electron chi connectivity index (χ0n) is 15.5. The number of aliphatic hydroxyl groups excluding tert-OH is 3. The molecule has 164 valence electrons. The number of hydrogen-bond donors (Lipinski definition) is 6. The second-order valence-electron chi connectivity index (χ2n) is 6.41. The SMILES string of the molecule is Nc1nc(F)nc2c1ncn2[C@@H]1O[C@H](CO)[C@@H](O)[C@@H]1O.Nc1nc(F)nc2nc[nH]c12. The van der Waals surface area contributed by atoms with E-state index in [1.807, 2.05) is 0 Å². The van der Waals surface area contributed by atoms with Crippen molar-refractivity contribution in [2.45, 2.75) is 24.5 Å². The third kappa shape index (κ3) is 3.67. The van der Waals surface area contributed by atoms with Crippen molar-refractivity contribution in [3.63, 3.8) is 0 Å². The molecule has 5 heterocycles. The number of nitrogens with zero attached hydrogens (tertiary/aromatic N) is 7. The molecular formula is C15H16F2N10O4. The molecular weight excluding hydrogens is 422 g/mol. The fourth-order valence-corrected chi connectivity index (χ4v) is 3.03. The molecule has 0 radical (unpaired) electrons. The second kappa shape index (κ2) is 7.91. The highest BCUT2D eigenvalue weighted by Gasteiger charge is 2.44. The van der Waals surface area contributed by atoms with Crippen molar-refractivity contribution in [1.82, 2.24) is 39.5 Å². The molecule has 4 aromatic heterocycles. The molecule has 4 atom stereocenters. The monoisotopic (exact) mass is 438 g/mol. The number of halogens is 2. The largest absolute Gasteiger partial charge is 0.394 e. The van der Waals surface area contributed by atoms with Gasteiger partial charge in [-0.05, 0) is 0 Å². The lowest BCUT2D eigenvalue weighted by Gasteiger charge is -2.16. The Morgan fingerprint density at radius 1 is 1.03 bits per heavy atom. The van der Waals surface area contributed by atoms with Gasteiger partial charge >= 0.3 is 12.2 Å². The van der Waals surface area contributed by atoms with Gasteiger partial charge in [0, 0.05) is 0 Å². The van der Waals surface area contributed by atoms with E-state index in [1.165, 1.54) is 17.2 Å². The molecule has 0 saturated carbocycles. The van der Waals surface area contributed by atoms with E-state index in [9.17, 15) is 19.0 Å². The van der Waals surface area contributed by atoms with E-state index in [0.29, 0.717) is 5.52 Å². The van der Waals surface area contributed by atoms with Crippen LogP contribution in [0.5, 0.6) is 0 Å². The van der Waals surface area contributed by atoms with Gasteiger partial charge in [0.15, 0.2) is 34.7 Å². The molecule has 4 aromatic rings. The molecule has 8 N–H and O–H groups in total. The summed E-state index contributed by atoms with van der Waals surface area (Å²) in [6.45, 7) is -0.465. The predicted octanol–water partition coefficient (Wildman–Crippen LogP) is -1.77. The van der Waals surface area contributed by atoms with Crippen molar-refractivity contribution in [2.75, 3.05) is 18.1 Å². The van der Waals surface area contributed by atoms with Crippen LogP contribution in [0, 0.1) is 12.2 Å². The van der Waals surface area contributed by atoms with Gasteiger partial charge < -0.3 is 36.5 Å². The number of imidazole rings is 2. The van der Waals surface area contributed by atoms with Crippen LogP contribution in [-0.2, 0) is 4.74 Å². The van der Waals surface area contributed by atoms with Gasteiger partial charge in [-0.1, -0.05) is 0 Å². The number of nitrogens with one attached hydrogen (secondary N) is 1. The standard InChI is InChI=1S/C10H12FN5O4.C5H4FN5/c11-10-14-7(12)4-8(15-10)16(2-13-4)9-6(19)5(18)3(1-17)20-9;6-5-10-3(7)2-4(11-5)9-1-8-2/h2-3,5-6,9,17-19H,1H2,(H2,12,14,15);1H,(H3,7,8,9,10,11)/t3-,5-,6+,9-;/m1./s1. The Labute approximate surface area is 170 Å². The quantitative estimate of drug-likeness (QED) is 0.192. The lowest BCUT2D eigenvalue weighted by molar-refractivity contribution is -0.0511. The molecule has 1 aliphatic rings. The molecule has 0 amide bonds. The molecule has 0 unspecified atom stereocenters. The van der Waals surface area contributed by atoms with Crippen molar-refractivity contribution in [3.8, 4) is 0 Å². The molecule has 0 bridgehead atoms. The fourth-order valence-electron chi connectivity index (χ4n) is 3.03. The third-order valence-corrected chi connectivity index (χ3v) is 4.50. The summed E-state index contributed by atoms with van der Waals surface area (Å²) in [6.07, 6.45) is -3.86. The number of nitrogens with two attached hydrogens (primary N) is 2. The van der Waals surface area contributed by atoms with Gasteiger partial charge in [-0.15, -0.1) is 0 Å². The van der Waals surface area contributed by atoms with E-state index in [-0.39, 0.29) is 28.4 Å². The smallest absolute Gasteiger partial charge is 0.312 e. The predicted molar refractivity (Wildman–Crippen MR) is 98.8 cm³/mol. The lowest BCUT2D eigenvalue weighted by atomic mass is 10.1. The van der Waals surface area contributed by atoms with Gasteiger partial charge in [0.05, 0.1) is 19.3 Å². The number of hydrogen-bond acceptors (Lipinski definition) is 12. The minimum Gasteiger partial charge on any atom is -0.394 e. The number of H-pyrrole nitrogens is 1. The topological polar surface area (TPSA) is 220 Å². The van der Waals surface area contributed by atoms with Crippen LogP contribution in [0.15, 0.2) is 12.7 Å². The Bertz CT molecular complexity index is 1230. The van der Waals surface area contributed by atoms with Gasteiger partial charge in [0.1, 0.15) is 23.8 Å². The van der Waals surface area contributed by atoms with Crippen LogP contribution >= 0.6 is 0 Å². The Morgan fingerprint density at radius 2 is 1.74 bits per heavy atom. The first-order chi connectivity index (χ1) is 14.8. The maximum absolute atomic E-state index is 13.2. The number of rotatable bonds is 2. The summed E-state index contributed by atoms with van der Waals surface area (Å²) in [5.41, 5.74) is 11.8. The molecule has 31 heavy (non-hydrogen) atoms. The van der Waals surface area contributed by atoms with Crippen molar-refractivity contribution in [1.29, 1.82) is 0 Å². The van der Waals surface area contributed by atoms with Gasteiger partial charge in [-0.3, -0.25) is 4.57 Å². The van der Waals surface area contributed by atoms with Crippen LogP contribution in [0.1, 0.15) is 6.23 Å². The third-order valence-electron chi connectivity index (χ3n) is 4.50. The van der Waals surface area contributed by atoms with E-state index < -0.39 is 43.3 Å². The van der Waals surface area contributed by atoms with Crippen LogP contribution < -0.4 is 11.5 Å². The number of ether oxygens (including phenoxy) is 1. The zero-order valence-corrected chi connectivity index (χ0v) is 15.5. The highest BCUT2D eigenvalue weighted by molar-refractivity contribution is 5.81. The van der Waals surface area contributed by atoms with Gasteiger partial charge in [-0.2, -0.15) is 28.7 Å². The van der Waals surface area contributed by atoms with E-state index in [1.54, 1.807) is 0 Å². The molecule has 16 heteroatoms. The summed E-state index contributed by atoms with van der Waals surface area (Å²) >= 11 is 0. The average molecular weight is 438 g/mol. The first kappa shape index (κ1) is 20.7. The van der Waals surface area contributed by atoms with Gasteiger partial charge in [0.25, 0.3) is 0 Å². The number of aliphatic hydroxyl groups is 3. The number of aromatic nitrogens is 8. The average Bonchev–Trinajstić information content (AvgIpc) is 3.41. The van der Waals surface area contributed by atoms with Crippen molar-refractivity contribution >= 4 is 34.0 Å². The number of fused-ring (bicyclic) bond motifs is 2. The molecule has 1 aliphatic heterocycles. The number of aromatic amines is 1. The molecule has 0 spiro atoms. The van der Waals surface area contributed by atoms with Crippen LogP contribution in [0.4, 0.5) is 20.4 Å². The summed E-state index contributed by atoms with van der Waals surface area (Å²) in [5.74, 6) is -0.0667. The Morgan fingerprint density at radius 3 is 2.45 bits per heavy atom. The van der Waals surface area contributed by atoms with Crippen LogP contribution in [0.25, 0.3) is 22.3 Å². The van der Waals surface area contributed by atoms with E-state index >= 15 is 0 Å². The van der Waals surface area contributed by atoms with Crippen molar-refractivity contribution in [3.05, 3.63) is 24.8 Å². The van der Waals surface area contributed by atoms with Crippen molar-refractivity contribution < 1.29 is 28.8 Å². The van der Waals surface area contributed by atoms with Gasteiger partial charge in [-0.25, -0.2) is 9.97 Å². The maximum Gasteiger partial charge on any atom is 0.312 e. The first-order valence-electron chi connectivity index (χ1n) is 8.70. The van der Waals surface area contributed by atoms with Crippen LogP contribution in [0.3, 0.4) is 0 Å². The van der Waals surface area contributed by atoms with Crippen LogP contribution in [-0.4, -0.2) is 79.7 Å². The van der Waals surface area contributed by atoms with E-state index in [4.69, 9.17) is 21.3 Å². The molecule has 1 fully saturated rings. The summed E-state index contributed by atoms with van der Waals surface area (Å²) < 4.78 is 32.2. The summed E-state index contributed by atoms with van der Waals surface area (Å²) in [7, 11) is 0. The Hall–Kier alpha value is -3.60. The van der Waals surface area contributed by atoms with Crippen molar-refractivity contribution in [2.24, 2.45) is 0 Å². The highest BCUT2D eigenvalue weighted by atomic mass is 19.1. The zero-order chi connectivity index (χ0) is 22.3. The highest BCUT2D eigenvalue weighted by Crippen LogP contribution is 2.31. The number of nitrogen functional groups attached to an aromatic ring is 2. The Balaban J connectivity index is 0.000000177. The first-order valence-corrected chi connectivity index (χ1v) is 8.70. The molecule has 1 saturated heterocycles. The van der Waals surface area contributed by atoms with E-state index in [0.717, 1.165) is 0 Å². The summed E-state index contributed by atoms with van der Waals surface area (Å²) in [4.78, 5) is 23.9. The normalized spacial score (nSPS) is 23.3.